The van der Waals surface area contributed by atoms with Gasteiger partial charge in [0.15, 0.2) is 11.5 Å². The summed E-state index contributed by atoms with van der Waals surface area (Å²) in [6.45, 7) is 1.86. The van der Waals surface area contributed by atoms with Crippen LogP contribution in [0, 0.1) is 18.7 Å². The second-order valence-corrected chi connectivity index (χ2v) is 7.23. The first-order chi connectivity index (χ1) is 11.6. The molecule has 0 radical (unpaired) electrons. The van der Waals surface area contributed by atoms with E-state index in [9.17, 15) is 4.39 Å². The summed E-state index contributed by atoms with van der Waals surface area (Å²) in [6, 6.07) is 8.82. The normalized spacial score (nSPS) is 15.6. The van der Waals surface area contributed by atoms with Crippen LogP contribution in [0.25, 0.3) is 5.65 Å². The Balaban J connectivity index is 1.66. The van der Waals surface area contributed by atoms with Crippen molar-refractivity contribution >= 4 is 27.4 Å². The van der Waals surface area contributed by atoms with Crippen molar-refractivity contribution in [1.82, 2.24) is 19.8 Å². The standard InChI is InChI=1S/C17H17BrFN5/c1-10-21-22-17-5-4-16(23-24(10)17)20-15(6-11-2-3-11)12-7-13(18)9-14(19)8-12/h4-5,7-9,11,15H,2-3,6H2,1H3,(H,20,23). The summed E-state index contributed by atoms with van der Waals surface area (Å²) >= 11 is 3.38. The molecular formula is C17H17BrFN5. The van der Waals surface area contributed by atoms with Gasteiger partial charge in [-0.1, -0.05) is 28.8 Å². The van der Waals surface area contributed by atoms with Gasteiger partial charge in [-0.3, -0.25) is 0 Å². The Morgan fingerprint density at radius 1 is 1.29 bits per heavy atom. The lowest BCUT2D eigenvalue weighted by molar-refractivity contribution is 0.601. The number of hydrogen-bond donors (Lipinski definition) is 1. The predicted molar refractivity (Wildman–Crippen MR) is 93.3 cm³/mol. The van der Waals surface area contributed by atoms with Crippen molar-refractivity contribution in [2.24, 2.45) is 5.92 Å². The van der Waals surface area contributed by atoms with Crippen LogP contribution in [0.5, 0.6) is 0 Å². The zero-order valence-corrected chi connectivity index (χ0v) is 14.8. The van der Waals surface area contributed by atoms with Crippen molar-refractivity contribution in [3.63, 3.8) is 0 Å². The van der Waals surface area contributed by atoms with Gasteiger partial charge in [-0.2, -0.15) is 4.52 Å². The van der Waals surface area contributed by atoms with Crippen molar-refractivity contribution in [3.8, 4) is 0 Å². The quantitative estimate of drug-likeness (QED) is 0.706. The number of aryl methyl sites for hydroxylation is 1. The third-order valence-corrected chi connectivity index (χ3v) is 4.75. The van der Waals surface area contributed by atoms with Gasteiger partial charge in [0.1, 0.15) is 11.6 Å². The van der Waals surface area contributed by atoms with Crippen molar-refractivity contribution in [2.45, 2.75) is 32.2 Å². The second kappa shape index (κ2) is 6.12. The summed E-state index contributed by atoms with van der Waals surface area (Å²) in [7, 11) is 0. The van der Waals surface area contributed by atoms with Crippen LogP contribution in [0.1, 0.15) is 36.7 Å². The van der Waals surface area contributed by atoms with Gasteiger partial charge >= 0.3 is 0 Å². The highest BCUT2D eigenvalue weighted by Crippen LogP contribution is 2.39. The van der Waals surface area contributed by atoms with Crippen LogP contribution in [-0.2, 0) is 0 Å². The van der Waals surface area contributed by atoms with Gasteiger partial charge in [-0.25, -0.2) is 4.39 Å². The topological polar surface area (TPSA) is 55.1 Å². The van der Waals surface area contributed by atoms with Gasteiger partial charge in [0, 0.05) is 4.47 Å². The Morgan fingerprint density at radius 2 is 2.12 bits per heavy atom. The van der Waals surface area contributed by atoms with E-state index in [4.69, 9.17) is 0 Å². The molecule has 3 aromatic rings. The van der Waals surface area contributed by atoms with E-state index in [1.807, 2.05) is 25.1 Å². The Kier molecular flexibility index (Phi) is 3.96. The molecule has 24 heavy (non-hydrogen) atoms. The van der Waals surface area contributed by atoms with Crippen molar-refractivity contribution in [3.05, 3.63) is 52.0 Å². The van der Waals surface area contributed by atoms with Gasteiger partial charge in [0.05, 0.1) is 6.04 Å². The zero-order valence-electron chi connectivity index (χ0n) is 13.2. The van der Waals surface area contributed by atoms with E-state index in [0.717, 1.165) is 28.1 Å². The van der Waals surface area contributed by atoms with Crippen LogP contribution < -0.4 is 5.32 Å². The molecule has 1 aliphatic carbocycles. The highest BCUT2D eigenvalue weighted by molar-refractivity contribution is 9.10. The van der Waals surface area contributed by atoms with Gasteiger partial charge in [0.25, 0.3) is 0 Å². The third kappa shape index (κ3) is 3.26. The number of hydrogen-bond acceptors (Lipinski definition) is 4. The Morgan fingerprint density at radius 3 is 2.88 bits per heavy atom. The second-order valence-electron chi connectivity index (χ2n) is 6.31. The lowest BCUT2D eigenvalue weighted by Gasteiger charge is -2.20. The highest BCUT2D eigenvalue weighted by atomic mass is 79.9. The van der Waals surface area contributed by atoms with E-state index in [1.165, 1.54) is 18.9 Å². The maximum Gasteiger partial charge on any atom is 0.178 e. The van der Waals surface area contributed by atoms with Crippen LogP contribution in [0.15, 0.2) is 34.8 Å². The molecule has 1 atom stereocenters. The van der Waals surface area contributed by atoms with Crippen molar-refractivity contribution in [1.29, 1.82) is 0 Å². The fraction of sp³-hybridized carbons (Fsp3) is 0.353. The number of nitrogens with zero attached hydrogens (tertiary/aromatic N) is 4. The number of benzene rings is 1. The average Bonchev–Trinajstić information content (AvgIpc) is 3.29. The molecule has 124 valence electrons. The number of rotatable bonds is 5. The van der Waals surface area contributed by atoms with Gasteiger partial charge in [-0.15, -0.1) is 15.3 Å². The third-order valence-electron chi connectivity index (χ3n) is 4.29. The van der Waals surface area contributed by atoms with Gasteiger partial charge < -0.3 is 5.32 Å². The molecular weight excluding hydrogens is 373 g/mol. The minimum absolute atomic E-state index is 0.0197. The molecule has 2 aromatic heterocycles. The minimum Gasteiger partial charge on any atom is -0.362 e. The molecule has 1 N–H and O–H groups in total. The lowest BCUT2D eigenvalue weighted by Crippen LogP contribution is -2.14. The predicted octanol–water partition coefficient (Wildman–Crippen LogP) is 4.29. The number of fused-ring (bicyclic) bond motifs is 1. The van der Waals surface area contributed by atoms with E-state index in [1.54, 1.807) is 10.6 Å². The molecule has 0 aliphatic heterocycles. The molecule has 0 saturated heterocycles. The lowest BCUT2D eigenvalue weighted by atomic mass is 10.0. The van der Waals surface area contributed by atoms with Crippen LogP contribution >= 0.6 is 15.9 Å². The molecule has 0 bridgehead atoms. The molecule has 2 heterocycles. The number of aromatic nitrogens is 4. The molecule has 1 saturated carbocycles. The fourth-order valence-corrected chi connectivity index (χ4v) is 3.38. The van der Waals surface area contributed by atoms with E-state index >= 15 is 0 Å². The summed E-state index contributed by atoms with van der Waals surface area (Å²) in [4.78, 5) is 0. The molecule has 1 aromatic carbocycles. The van der Waals surface area contributed by atoms with Crippen LogP contribution in [0.2, 0.25) is 0 Å². The first-order valence-electron chi connectivity index (χ1n) is 8.00. The first kappa shape index (κ1) is 15.5. The summed E-state index contributed by atoms with van der Waals surface area (Å²) in [5.41, 5.74) is 1.64. The molecule has 0 amide bonds. The maximum atomic E-state index is 13.8. The first-order valence-corrected chi connectivity index (χ1v) is 8.79. The van der Waals surface area contributed by atoms with E-state index < -0.39 is 0 Å². The Hall–Kier alpha value is -2.02. The smallest absolute Gasteiger partial charge is 0.178 e. The molecule has 1 aliphatic rings. The molecule has 5 nitrogen and oxygen atoms in total. The van der Waals surface area contributed by atoms with Crippen LogP contribution in [0.3, 0.4) is 0 Å². The number of halogens is 2. The molecule has 0 spiro atoms. The van der Waals surface area contributed by atoms with Crippen molar-refractivity contribution < 1.29 is 4.39 Å². The molecule has 1 unspecified atom stereocenters. The van der Waals surface area contributed by atoms with E-state index in [-0.39, 0.29) is 11.9 Å². The Labute approximate surface area is 147 Å². The maximum absolute atomic E-state index is 13.8. The minimum atomic E-state index is -0.236. The van der Waals surface area contributed by atoms with Gasteiger partial charge in [-0.05, 0) is 55.2 Å². The summed E-state index contributed by atoms with van der Waals surface area (Å²) in [5, 5.41) is 16.1. The molecule has 1 fully saturated rings. The average molecular weight is 390 g/mol. The molecule has 4 rings (SSSR count). The monoisotopic (exact) mass is 389 g/mol. The van der Waals surface area contributed by atoms with Gasteiger partial charge in [0.2, 0.25) is 0 Å². The number of anilines is 1. The summed E-state index contributed by atoms with van der Waals surface area (Å²) < 4.78 is 16.3. The van der Waals surface area contributed by atoms with Crippen LogP contribution in [0.4, 0.5) is 10.2 Å². The highest BCUT2D eigenvalue weighted by Gasteiger charge is 2.27. The zero-order chi connectivity index (χ0) is 16.7. The molecule has 7 heteroatoms. The Bertz CT molecular complexity index is 870. The summed E-state index contributed by atoms with van der Waals surface area (Å²) in [6.07, 6.45) is 3.45. The van der Waals surface area contributed by atoms with Crippen molar-refractivity contribution in [2.75, 3.05) is 5.32 Å². The largest absolute Gasteiger partial charge is 0.362 e. The SMILES string of the molecule is Cc1nnc2ccc(NC(CC3CC3)c3cc(F)cc(Br)c3)nn12. The van der Waals surface area contributed by atoms with Crippen LogP contribution in [-0.4, -0.2) is 19.8 Å². The number of nitrogens with one attached hydrogen (secondary N) is 1. The van der Waals surface area contributed by atoms with E-state index in [0.29, 0.717) is 11.6 Å². The van der Waals surface area contributed by atoms with E-state index in [2.05, 4.69) is 36.5 Å². The summed E-state index contributed by atoms with van der Waals surface area (Å²) in [5.74, 6) is 1.93. The fourth-order valence-electron chi connectivity index (χ4n) is 2.89.